The van der Waals surface area contributed by atoms with Gasteiger partial charge in [-0.1, -0.05) is 0 Å². The number of hydrogen-bond acceptors (Lipinski definition) is 5. The van der Waals surface area contributed by atoms with E-state index in [4.69, 9.17) is 13.9 Å². The zero-order valence-corrected chi connectivity index (χ0v) is 18.7. The second-order valence-corrected chi connectivity index (χ2v) is 8.38. The summed E-state index contributed by atoms with van der Waals surface area (Å²) in [5.74, 6) is 1.14. The van der Waals surface area contributed by atoms with E-state index in [2.05, 4.69) is 10.3 Å². The monoisotopic (exact) mass is 446 g/mol. The smallest absolute Gasteiger partial charge is 0.339 e. The van der Waals surface area contributed by atoms with E-state index in [1.165, 1.54) is 0 Å². The summed E-state index contributed by atoms with van der Waals surface area (Å²) in [5, 5.41) is 4.95. The molecule has 33 heavy (non-hydrogen) atoms. The van der Waals surface area contributed by atoms with Gasteiger partial charge in [0, 0.05) is 40.2 Å². The van der Waals surface area contributed by atoms with Crippen LogP contribution in [0.5, 0.6) is 11.5 Å². The van der Waals surface area contributed by atoms with Gasteiger partial charge in [0.2, 0.25) is 0 Å². The van der Waals surface area contributed by atoms with Crippen molar-refractivity contribution in [2.24, 2.45) is 0 Å². The van der Waals surface area contributed by atoms with Gasteiger partial charge in [-0.25, -0.2) is 4.79 Å². The molecule has 0 bridgehead atoms. The molecule has 0 unspecified atom stereocenters. The van der Waals surface area contributed by atoms with E-state index < -0.39 is 0 Å². The molecule has 2 heterocycles. The summed E-state index contributed by atoms with van der Waals surface area (Å²) in [7, 11) is 1.64. The number of aryl methyl sites for hydroxylation is 2. The molecule has 1 aliphatic carbocycles. The molecule has 1 aliphatic rings. The number of ether oxygens (including phenoxy) is 2. The summed E-state index contributed by atoms with van der Waals surface area (Å²) in [6.07, 6.45) is 5.28. The number of H-pyrrole nitrogens is 1. The van der Waals surface area contributed by atoms with Gasteiger partial charge in [0.05, 0.1) is 7.11 Å². The largest absolute Gasteiger partial charge is 0.497 e. The van der Waals surface area contributed by atoms with E-state index in [9.17, 15) is 9.59 Å². The van der Waals surface area contributed by atoms with Crippen LogP contribution in [-0.4, -0.2) is 31.2 Å². The third-order valence-corrected chi connectivity index (χ3v) is 6.39. The lowest BCUT2D eigenvalue weighted by Gasteiger charge is -2.12. The van der Waals surface area contributed by atoms with Gasteiger partial charge in [-0.3, -0.25) is 4.79 Å². The van der Waals surface area contributed by atoms with Gasteiger partial charge in [0.1, 0.15) is 17.1 Å². The van der Waals surface area contributed by atoms with Crippen LogP contribution in [0.1, 0.15) is 28.7 Å². The topological polar surface area (TPSA) is 93.6 Å². The van der Waals surface area contributed by atoms with E-state index in [-0.39, 0.29) is 18.1 Å². The van der Waals surface area contributed by atoms with Crippen molar-refractivity contribution in [3.8, 4) is 11.5 Å². The van der Waals surface area contributed by atoms with Crippen molar-refractivity contribution in [3.63, 3.8) is 0 Å². The van der Waals surface area contributed by atoms with E-state index in [1.807, 2.05) is 43.5 Å². The molecular formula is C26H26N2O5. The second kappa shape index (κ2) is 8.65. The summed E-state index contributed by atoms with van der Waals surface area (Å²) in [6.45, 7) is 2.23. The predicted octanol–water partition coefficient (Wildman–Crippen LogP) is 3.82. The summed E-state index contributed by atoms with van der Waals surface area (Å²) in [5.41, 5.74) is 5.05. The Balaban J connectivity index is 1.21. The highest BCUT2D eigenvalue weighted by atomic mass is 16.5. The number of aromatic amines is 1. The fourth-order valence-electron chi connectivity index (χ4n) is 4.64. The molecule has 2 N–H and O–H groups in total. The van der Waals surface area contributed by atoms with Gasteiger partial charge >= 0.3 is 5.63 Å². The number of carbonyl (C=O) groups is 1. The molecule has 7 heteroatoms. The molecule has 0 fully saturated rings. The molecule has 7 nitrogen and oxygen atoms in total. The summed E-state index contributed by atoms with van der Waals surface area (Å²) in [4.78, 5) is 27.9. The highest BCUT2D eigenvalue weighted by molar-refractivity contribution is 5.87. The van der Waals surface area contributed by atoms with E-state index in [0.717, 1.165) is 63.6 Å². The minimum atomic E-state index is -0.261. The zero-order chi connectivity index (χ0) is 22.9. The molecule has 0 spiro atoms. The van der Waals surface area contributed by atoms with Crippen molar-refractivity contribution in [3.05, 3.63) is 69.2 Å². The number of rotatable bonds is 7. The van der Waals surface area contributed by atoms with Gasteiger partial charge < -0.3 is 24.2 Å². The van der Waals surface area contributed by atoms with Crippen LogP contribution in [0.3, 0.4) is 0 Å². The predicted molar refractivity (Wildman–Crippen MR) is 126 cm³/mol. The van der Waals surface area contributed by atoms with E-state index in [0.29, 0.717) is 24.3 Å². The Bertz CT molecular complexity index is 1420. The maximum Gasteiger partial charge on any atom is 0.339 e. The molecular weight excluding hydrogens is 420 g/mol. The van der Waals surface area contributed by atoms with Gasteiger partial charge in [-0.05, 0) is 74.1 Å². The number of aromatic nitrogens is 1. The first kappa shape index (κ1) is 21.1. The van der Waals surface area contributed by atoms with Gasteiger partial charge in [-0.15, -0.1) is 0 Å². The number of carbonyl (C=O) groups excluding carboxylic acids is 1. The maximum atomic E-state index is 12.4. The van der Waals surface area contributed by atoms with Crippen LogP contribution >= 0.6 is 0 Å². The van der Waals surface area contributed by atoms with Crippen LogP contribution in [0.15, 0.2) is 45.7 Å². The van der Waals surface area contributed by atoms with Crippen LogP contribution < -0.4 is 20.4 Å². The molecule has 170 valence electrons. The first-order chi connectivity index (χ1) is 16.0. The van der Waals surface area contributed by atoms with Crippen molar-refractivity contribution < 1.29 is 18.7 Å². The molecule has 0 atom stereocenters. The Labute approximate surface area is 190 Å². The Morgan fingerprint density at radius 2 is 2.00 bits per heavy atom. The van der Waals surface area contributed by atoms with Crippen LogP contribution in [0.4, 0.5) is 0 Å². The number of amides is 1. The maximum absolute atomic E-state index is 12.4. The lowest BCUT2D eigenvalue weighted by molar-refractivity contribution is -0.123. The SMILES string of the molecule is COc1ccc2[nH]cc(CCNC(=O)COc3ccc4c5c(c(=O)oc4c3C)CCC5)c2c1. The highest BCUT2D eigenvalue weighted by Gasteiger charge is 2.21. The molecule has 1 amide bonds. The molecule has 0 saturated heterocycles. The fourth-order valence-corrected chi connectivity index (χ4v) is 4.64. The molecule has 0 saturated carbocycles. The van der Waals surface area contributed by atoms with E-state index >= 15 is 0 Å². The van der Waals surface area contributed by atoms with Crippen molar-refractivity contribution >= 4 is 27.8 Å². The minimum absolute atomic E-state index is 0.108. The summed E-state index contributed by atoms with van der Waals surface area (Å²) in [6, 6.07) is 9.65. The second-order valence-electron chi connectivity index (χ2n) is 8.38. The average molecular weight is 447 g/mol. The molecule has 4 aromatic rings. The Kier molecular flexibility index (Phi) is 5.54. The van der Waals surface area contributed by atoms with Crippen LogP contribution in [0, 0.1) is 6.92 Å². The fraction of sp³-hybridized carbons (Fsp3) is 0.308. The number of nitrogens with one attached hydrogen (secondary N) is 2. The number of fused-ring (bicyclic) bond motifs is 4. The van der Waals surface area contributed by atoms with Crippen molar-refractivity contribution in [2.45, 2.75) is 32.6 Å². The lowest BCUT2D eigenvalue weighted by Crippen LogP contribution is -2.30. The van der Waals surface area contributed by atoms with Crippen LogP contribution in [0.2, 0.25) is 0 Å². The molecule has 0 aliphatic heterocycles. The third kappa shape index (κ3) is 3.95. The Hall–Kier alpha value is -3.74. The van der Waals surface area contributed by atoms with E-state index in [1.54, 1.807) is 7.11 Å². The first-order valence-corrected chi connectivity index (χ1v) is 11.2. The quantitative estimate of drug-likeness (QED) is 0.421. The highest BCUT2D eigenvalue weighted by Crippen LogP contribution is 2.33. The molecule has 2 aromatic heterocycles. The number of methoxy groups -OCH3 is 1. The van der Waals surface area contributed by atoms with Crippen LogP contribution in [0.25, 0.3) is 21.9 Å². The third-order valence-electron chi connectivity index (χ3n) is 6.39. The van der Waals surface area contributed by atoms with Crippen molar-refractivity contribution in [1.82, 2.24) is 10.3 Å². The molecule has 5 rings (SSSR count). The molecule has 2 aromatic carbocycles. The van der Waals surface area contributed by atoms with Crippen molar-refractivity contribution in [1.29, 1.82) is 0 Å². The van der Waals surface area contributed by atoms with Crippen molar-refractivity contribution in [2.75, 3.05) is 20.3 Å². The standard InChI is InChI=1S/C26H26N2O5/c1-15-23(9-7-19-18-4-3-5-20(18)26(30)33-25(15)19)32-14-24(29)27-11-10-16-13-28-22-8-6-17(31-2)12-21(16)22/h6-9,12-13,28H,3-5,10-11,14H2,1-2H3,(H,27,29). The Morgan fingerprint density at radius 1 is 1.15 bits per heavy atom. The number of hydrogen-bond donors (Lipinski definition) is 2. The first-order valence-electron chi connectivity index (χ1n) is 11.2. The summed E-state index contributed by atoms with van der Waals surface area (Å²) < 4.78 is 16.7. The zero-order valence-electron chi connectivity index (χ0n) is 18.7. The van der Waals surface area contributed by atoms with Gasteiger partial charge in [0.25, 0.3) is 5.91 Å². The van der Waals surface area contributed by atoms with Crippen LogP contribution in [-0.2, 0) is 24.1 Å². The van der Waals surface area contributed by atoms with Gasteiger partial charge in [-0.2, -0.15) is 0 Å². The normalized spacial score (nSPS) is 12.8. The van der Waals surface area contributed by atoms with Gasteiger partial charge in [0.15, 0.2) is 6.61 Å². The average Bonchev–Trinajstić information content (AvgIpc) is 3.47. The summed E-state index contributed by atoms with van der Waals surface area (Å²) >= 11 is 0. The Morgan fingerprint density at radius 3 is 2.85 bits per heavy atom. The number of benzene rings is 2. The molecule has 0 radical (unpaired) electrons. The lowest BCUT2D eigenvalue weighted by atomic mass is 10.0. The minimum Gasteiger partial charge on any atom is -0.497 e.